The monoisotopic (exact) mass is 612 g/mol. The van der Waals surface area contributed by atoms with Gasteiger partial charge in [-0.1, -0.05) is 45.6 Å². The molecule has 0 spiro atoms. The van der Waals surface area contributed by atoms with E-state index in [1.54, 1.807) is 11.3 Å². The van der Waals surface area contributed by atoms with Crippen molar-refractivity contribution in [2.24, 2.45) is 17.3 Å². The summed E-state index contributed by atoms with van der Waals surface area (Å²) in [5, 5.41) is 10.2. The lowest BCUT2D eigenvalue weighted by atomic mass is 9.73. The average molecular weight is 613 g/mol. The number of carbonyl (C=O) groups excluding carboxylic acids is 2. The maximum Gasteiger partial charge on any atom is 0.350 e. The minimum Gasteiger partial charge on any atom is -0.465 e. The second-order valence-corrected chi connectivity index (χ2v) is 21.4. The summed E-state index contributed by atoms with van der Waals surface area (Å²) in [4.78, 5) is 31.6. The predicted octanol–water partition coefficient (Wildman–Crippen LogP) is 7.70. The van der Waals surface area contributed by atoms with Crippen LogP contribution in [0.3, 0.4) is 0 Å². The molecule has 0 unspecified atom stereocenters. The molecule has 3 aliphatic carbocycles. The van der Waals surface area contributed by atoms with Gasteiger partial charge in [-0.05, 0) is 100 Å². The fourth-order valence-electron chi connectivity index (χ4n) is 7.28. The molecule has 5 rings (SSSR count). The Labute approximate surface area is 257 Å². The Morgan fingerprint density at radius 1 is 1.00 bits per heavy atom. The smallest absolute Gasteiger partial charge is 0.350 e. The highest BCUT2D eigenvalue weighted by molar-refractivity contribution is 7.14. The molecule has 2 aromatic rings. The quantitative estimate of drug-likeness (QED) is 0.237. The van der Waals surface area contributed by atoms with Crippen molar-refractivity contribution < 1.29 is 14.3 Å². The molecular formula is C33H52N4O3SSi. The highest BCUT2D eigenvalue weighted by Crippen LogP contribution is 2.47. The maximum atomic E-state index is 14.5. The second-order valence-electron chi connectivity index (χ2n) is 15.3. The summed E-state index contributed by atoms with van der Waals surface area (Å²) in [5.41, 5.74) is 1.18. The number of thiophene rings is 1. The zero-order valence-electron chi connectivity index (χ0n) is 26.9. The van der Waals surface area contributed by atoms with Crippen LogP contribution >= 0.6 is 11.3 Å². The van der Waals surface area contributed by atoms with E-state index in [0.717, 1.165) is 75.2 Å². The molecule has 3 fully saturated rings. The van der Waals surface area contributed by atoms with Crippen LogP contribution in [-0.4, -0.2) is 48.1 Å². The maximum absolute atomic E-state index is 14.5. The Hall–Kier alpha value is -2.00. The Balaban J connectivity index is 1.43. The SMILES string of the molecule is COC(=O)c1sc(C2CCC(C)(C)CC2)cc1N(C(=O)[C@H]1CC[C@H](C)CC1)[C@H]1CC[C@H](n2cc([Si](C)(C)C)nn2)CC1. The first-order valence-corrected chi connectivity index (χ1v) is 20.7. The molecular weight excluding hydrogens is 561 g/mol. The number of rotatable bonds is 7. The number of hydrogen-bond donors (Lipinski definition) is 0. The highest BCUT2D eigenvalue weighted by atomic mass is 32.1. The Morgan fingerprint density at radius 2 is 1.64 bits per heavy atom. The van der Waals surface area contributed by atoms with Crippen LogP contribution in [0.5, 0.6) is 0 Å². The summed E-state index contributed by atoms with van der Waals surface area (Å²) < 4.78 is 7.39. The Kier molecular flexibility index (Phi) is 9.38. The lowest BCUT2D eigenvalue weighted by Gasteiger charge is -2.39. The van der Waals surface area contributed by atoms with Gasteiger partial charge in [0.25, 0.3) is 0 Å². The van der Waals surface area contributed by atoms with Crippen molar-refractivity contribution in [1.29, 1.82) is 0 Å². The van der Waals surface area contributed by atoms with Gasteiger partial charge in [-0.2, -0.15) is 0 Å². The molecule has 0 N–H and O–H groups in total. The van der Waals surface area contributed by atoms with Crippen LogP contribution in [0.4, 0.5) is 5.69 Å². The van der Waals surface area contributed by atoms with Crippen LogP contribution in [0.1, 0.15) is 124 Å². The van der Waals surface area contributed by atoms with Crippen molar-refractivity contribution in [3.05, 3.63) is 22.0 Å². The third-order valence-corrected chi connectivity index (χ3v) is 13.4. The molecule has 232 valence electrons. The van der Waals surface area contributed by atoms with E-state index in [9.17, 15) is 9.59 Å². The minimum absolute atomic E-state index is 0.0258. The molecule has 2 aromatic heterocycles. The Bertz CT molecular complexity index is 1240. The third kappa shape index (κ3) is 6.87. The summed E-state index contributed by atoms with van der Waals surface area (Å²) in [6.45, 7) is 13.9. The number of methoxy groups -OCH3 is 1. The molecule has 0 saturated heterocycles. The molecule has 1 amide bonds. The minimum atomic E-state index is -1.52. The van der Waals surface area contributed by atoms with Crippen LogP contribution in [0.2, 0.25) is 19.6 Å². The van der Waals surface area contributed by atoms with Gasteiger partial charge in [0.05, 0.1) is 24.2 Å². The van der Waals surface area contributed by atoms with Gasteiger partial charge < -0.3 is 9.64 Å². The number of ether oxygens (including phenoxy) is 1. The van der Waals surface area contributed by atoms with E-state index in [0.29, 0.717) is 28.2 Å². The van der Waals surface area contributed by atoms with Gasteiger partial charge >= 0.3 is 5.97 Å². The molecule has 9 heteroatoms. The van der Waals surface area contributed by atoms with Gasteiger partial charge in [0.2, 0.25) is 5.91 Å². The van der Waals surface area contributed by atoms with Crippen LogP contribution in [0, 0.1) is 17.3 Å². The van der Waals surface area contributed by atoms with E-state index in [1.807, 2.05) is 0 Å². The van der Waals surface area contributed by atoms with E-state index in [4.69, 9.17) is 4.74 Å². The largest absolute Gasteiger partial charge is 0.465 e. The van der Waals surface area contributed by atoms with Gasteiger partial charge in [0, 0.05) is 23.0 Å². The Morgan fingerprint density at radius 3 is 2.21 bits per heavy atom. The van der Waals surface area contributed by atoms with Gasteiger partial charge in [0.1, 0.15) is 13.0 Å². The summed E-state index contributed by atoms with van der Waals surface area (Å²) in [6.07, 6.45) is 14.6. The number of esters is 1. The van der Waals surface area contributed by atoms with Crippen molar-refractivity contribution in [3.8, 4) is 0 Å². The molecule has 42 heavy (non-hydrogen) atoms. The molecule has 0 atom stereocenters. The molecule has 0 aromatic carbocycles. The number of carbonyl (C=O) groups is 2. The first kappa shape index (κ1) is 31.4. The molecule has 3 saturated carbocycles. The predicted molar refractivity (Wildman–Crippen MR) is 174 cm³/mol. The number of anilines is 1. The second kappa shape index (κ2) is 12.5. The van der Waals surface area contributed by atoms with Crippen molar-refractivity contribution in [1.82, 2.24) is 15.0 Å². The highest BCUT2D eigenvalue weighted by Gasteiger charge is 2.39. The normalized spacial score (nSPS) is 27.0. The molecule has 0 radical (unpaired) electrons. The molecule has 3 aliphatic rings. The van der Waals surface area contributed by atoms with E-state index in [-0.39, 0.29) is 23.8 Å². The zero-order valence-corrected chi connectivity index (χ0v) is 28.8. The first-order valence-electron chi connectivity index (χ1n) is 16.3. The topological polar surface area (TPSA) is 77.3 Å². The van der Waals surface area contributed by atoms with Gasteiger partial charge in [-0.15, -0.1) is 16.4 Å². The summed E-state index contributed by atoms with van der Waals surface area (Å²) >= 11 is 1.57. The summed E-state index contributed by atoms with van der Waals surface area (Å²) in [6, 6.07) is 2.58. The van der Waals surface area contributed by atoms with E-state index >= 15 is 0 Å². The van der Waals surface area contributed by atoms with E-state index in [1.165, 1.54) is 24.8 Å². The number of aromatic nitrogens is 3. The molecule has 7 nitrogen and oxygen atoms in total. The van der Waals surface area contributed by atoms with Crippen LogP contribution < -0.4 is 10.2 Å². The lowest BCUT2D eigenvalue weighted by Crippen LogP contribution is -2.46. The third-order valence-electron chi connectivity index (χ3n) is 10.4. The first-order chi connectivity index (χ1) is 19.9. The van der Waals surface area contributed by atoms with E-state index < -0.39 is 8.07 Å². The summed E-state index contributed by atoms with van der Waals surface area (Å²) in [5.74, 6) is 1.04. The fourth-order valence-corrected chi connectivity index (χ4v) is 9.38. The van der Waals surface area contributed by atoms with Crippen molar-refractivity contribution >= 4 is 42.3 Å². The lowest BCUT2D eigenvalue weighted by molar-refractivity contribution is -0.124. The van der Waals surface area contributed by atoms with Crippen LogP contribution in [0.15, 0.2) is 12.3 Å². The fraction of sp³-hybridized carbons (Fsp3) is 0.758. The van der Waals surface area contributed by atoms with Crippen molar-refractivity contribution in [2.45, 2.75) is 135 Å². The van der Waals surface area contributed by atoms with Crippen molar-refractivity contribution in [3.63, 3.8) is 0 Å². The average Bonchev–Trinajstić information content (AvgIpc) is 3.62. The van der Waals surface area contributed by atoms with Crippen LogP contribution in [0.25, 0.3) is 0 Å². The standard InChI is InChI=1S/C33H52N4O3SSi/c1-22-8-10-24(11-9-22)31(38)37(26-14-12-25(13-15-26)36-21-29(34-35-36)42(5,6)7)27-20-28(41-30(27)32(39)40-4)23-16-18-33(2,3)19-17-23/h20-26H,8-19H2,1-7H3/t22-,24-,25-,26-. The summed E-state index contributed by atoms with van der Waals surface area (Å²) in [7, 11) is -0.0621. The molecule has 0 bridgehead atoms. The number of nitrogens with zero attached hydrogens (tertiary/aromatic N) is 4. The van der Waals surface area contributed by atoms with Crippen molar-refractivity contribution in [2.75, 3.05) is 12.0 Å². The van der Waals surface area contributed by atoms with Crippen LogP contribution in [-0.2, 0) is 9.53 Å². The van der Waals surface area contributed by atoms with E-state index in [2.05, 4.69) is 72.6 Å². The van der Waals surface area contributed by atoms with Gasteiger partial charge in [-0.25, -0.2) is 9.48 Å². The number of amides is 1. The molecule has 2 heterocycles. The molecule has 0 aliphatic heterocycles. The van der Waals surface area contributed by atoms with Gasteiger partial charge in [0.15, 0.2) is 0 Å². The van der Waals surface area contributed by atoms with Gasteiger partial charge in [-0.3, -0.25) is 4.79 Å². The number of hydrogen-bond acceptors (Lipinski definition) is 6. The zero-order chi connectivity index (χ0) is 30.2.